The standard InChI is InChI=1S/C20H28N4O3/c1-12(2)24-18(7-9-22-24)19-17(8-10-27-19)20(26)21-11-15-5-6-16(14(4)25)13(3)23-15/h5-7,9,12,14,17,19,25H,8,10-11H2,1-4H3,(H,21,26)/t14-,17+,19+/m1/s1. The molecule has 7 heteroatoms. The fourth-order valence-electron chi connectivity index (χ4n) is 3.60. The zero-order chi connectivity index (χ0) is 19.6. The van der Waals surface area contributed by atoms with E-state index in [1.165, 1.54) is 0 Å². The van der Waals surface area contributed by atoms with Gasteiger partial charge in [-0.05, 0) is 46.2 Å². The molecule has 0 spiro atoms. The molecule has 3 rings (SSSR count). The number of aliphatic hydroxyl groups is 1. The average Bonchev–Trinajstić information content (AvgIpc) is 3.27. The summed E-state index contributed by atoms with van der Waals surface area (Å²) in [5.41, 5.74) is 3.29. The van der Waals surface area contributed by atoms with Crippen LogP contribution in [-0.4, -0.2) is 32.4 Å². The van der Waals surface area contributed by atoms with E-state index in [2.05, 4.69) is 29.2 Å². The molecular formula is C20H28N4O3. The minimum absolute atomic E-state index is 0.0342. The highest BCUT2D eigenvalue weighted by atomic mass is 16.5. The van der Waals surface area contributed by atoms with E-state index in [9.17, 15) is 9.90 Å². The normalized spacial score (nSPS) is 20.8. The highest BCUT2D eigenvalue weighted by Gasteiger charge is 2.37. The molecular weight excluding hydrogens is 344 g/mol. The van der Waals surface area contributed by atoms with Gasteiger partial charge in [0.2, 0.25) is 5.91 Å². The van der Waals surface area contributed by atoms with E-state index >= 15 is 0 Å². The molecule has 0 aromatic carbocycles. The van der Waals surface area contributed by atoms with Crippen LogP contribution in [0.2, 0.25) is 0 Å². The maximum atomic E-state index is 12.8. The molecule has 0 radical (unpaired) electrons. The molecule has 3 atom stereocenters. The molecule has 27 heavy (non-hydrogen) atoms. The van der Waals surface area contributed by atoms with Crippen LogP contribution in [0, 0.1) is 12.8 Å². The fourth-order valence-corrected chi connectivity index (χ4v) is 3.60. The number of rotatable bonds is 6. The first-order valence-electron chi connectivity index (χ1n) is 9.45. The summed E-state index contributed by atoms with van der Waals surface area (Å²) in [5, 5.41) is 17.0. The van der Waals surface area contributed by atoms with Crippen molar-refractivity contribution >= 4 is 5.91 Å². The molecule has 2 aromatic rings. The number of hydrogen-bond acceptors (Lipinski definition) is 5. The van der Waals surface area contributed by atoms with E-state index in [0.29, 0.717) is 19.6 Å². The fraction of sp³-hybridized carbons (Fsp3) is 0.550. The lowest BCUT2D eigenvalue weighted by atomic mass is 9.97. The van der Waals surface area contributed by atoms with Crippen molar-refractivity contribution < 1.29 is 14.6 Å². The second-order valence-corrected chi connectivity index (χ2v) is 7.35. The van der Waals surface area contributed by atoms with E-state index in [1.807, 2.05) is 29.8 Å². The molecule has 2 aromatic heterocycles. The molecule has 2 N–H and O–H groups in total. The molecule has 146 valence electrons. The lowest BCUT2D eigenvalue weighted by Crippen LogP contribution is -2.33. The lowest BCUT2D eigenvalue weighted by molar-refractivity contribution is -0.127. The summed E-state index contributed by atoms with van der Waals surface area (Å²) in [6.45, 7) is 8.62. The SMILES string of the molecule is Cc1nc(CNC(=O)[C@H]2CCO[C@@H]2c2ccnn2C(C)C)ccc1[C@@H](C)O. The number of pyridine rings is 1. The number of carbonyl (C=O) groups excluding carboxylic acids is 1. The van der Waals surface area contributed by atoms with Crippen molar-refractivity contribution in [3.8, 4) is 0 Å². The summed E-state index contributed by atoms with van der Waals surface area (Å²) in [6.07, 6.45) is 1.61. The van der Waals surface area contributed by atoms with Gasteiger partial charge in [0.15, 0.2) is 0 Å². The molecule has 1 fully saturated rings. The predicted octanol–water partition coefficient (Wildman–Crippen LogP) is 2.61. The van der Waals surface area contributed by atoms with Crippen LogP contribution in [0.1, 0.15) is 68.1 Å². The number of amides is 1. The minimum Gasteiger partial charge on any atom is -0.389 e. The first-order valence-corrected chi connectivity index (χ1v) is 9.45. The Bertz CT molecular complexity index is 800. The van der Waals surface area contributed by atoms with Gasteiger partial charge in [0.05, 0.1) is 30.0 Å². The number of aromatic nitrogens is 3. The molecule has 1 amide bonds. The minimum atomic E-state index is -0.552. The molecule has 0 aliphatic carbocycles. The van der Waals surface area contributed by atoms with Crippen LogP contribution in [0.3, 0.4) is 0 Å². The van der Waals surface area contributed by atoms with Crippen LogP contribution in [0.5, 0.6) is 0 Å². The van der Waals surface area contributed by atoms with Gasteiger partial charge in [0.1, 0.15) is 6.10 Å². The van der Waals surface area contributed by atoms with Gasteiger partial charge in [-0.2, -0.15) is 5.10 Å². The third-order valence-corrected chi connectivity index (χ3v) is 4.99. The van der Waals surface area contributed by atoms with Crippen molar-refractivity contribution in [2.45, 2.75) is 58.9 Å². The van der Waals surface area contributed by atoms with Crippen molar-refractivity contribution in [3.63, 3.8) is 0 Å². The Labute approximate surface area is 159 Å². The Kier molecular flexibility index (Phi) is 5.92. The van der Waals surface area contributed by atoms with E-state index in [-0.39, 0.29) is 24.0 Å². The Hall–Kier alpha value is -2.25. The molecule has 1 saturated heterocycles. The quantitative estimate of drug-likeness (QED) is 0.814. The van der Waals surface area contributed by atoms with Crippen LogP contribution in [0.25, 0.3) is 0 Å². The van der Waals surface area contributed by atoms with Crippen molar-refractivity contribution in [2.24, 2.45) is 5.92 Å². The van der Waals surface area contributed by atoms with Crippen LogP contribution >= 0.6 is 0 Å². The molecule has 1 aliphatic heterocycles. The van der Waals surface area contributed by atoms with Gasteiger partial charge in [0.25, 0.3) is 0 Å². The number of aryl methyl sites for hydroxylation is 1. The summed E-state index contributed by atoms with van der Waals surface area (Å²) in [4.78, 5) is 17.3. The number of aliphatic hydroxyl groups excluding tert-OH is 1. The zero-order valence-corrected chi connectivity index (χ0v) is 16.3. The maximum Gasteiger partial charge on any atom is 0.226 e. The smallest absolute Gasteiger partial charge is 0.226 e. The predicted molar refractivity (Wildman–Crippen MR) is 101 cm³/mol. The van der Waals surface area contributed by atoms with Gasteiger partial charge in [0, 0.05) is 30.1 Å². The number of carbonyl (C=O) groups is 1. The first-order chi connectivity index (χ1) is 12.9. The Morgan fingerprint density at radius 1 is 1.37 bits per heavy atom. The van der Waals surface area contributed by atoms with Gasteiger partial charge in [-0.1, -0.05) is 6.07 Å². The van der Waals surface area contributed by atoms with Crippen LogP contribution in [-0.2, 0) is 16.1 Å². The average molecular weight is 372 g/mol. The molecule has 7 nitrogen and oxygen atoms in total. The Morgan fingerprint density at radius 3 is 2.81 bits per heavy atom. The zero-order valence-electron chi connectivity index (χ0n) is 16.3. The Balaban J connectivity index is 1.67. The van der Waals surface area contributed by atoms with Crippen molar-refractivity contribution in [1.29, 1.82) is 0 Å². The van der Waals surface area contributed by atoms with E-state index in [0.717, 1.165) is 22.6 Å². The highest BCUT2D eigenvalue weighted by Crippen LogP contribution is 2.35. The number of hydrogen-bond donors (Lipinski definition) is 2. The van der Waals surface area contributed by atoms with Gasteiger partial charge < -0.3 is 15.2 Å². The summed E-state index contributed by atoms with van der Waals surface area (Å²) in [5.74, 6) is -0.273. The van der Waals surface area contributed by atoms with Crippen molar-refractivity contribution in [2.75, 3.05) is 6.61 Å². The Morgan fingerprint density at radius 2 is 2.15 bits per heavy atom. The van der Waals surface area contributed by atoms with Crippen LogP contribution in [0.4, 0.5) is 0 Å². The third-order valence-electron chi connectivity index (χ3n) is 4.99. The van der Waals surface area contributed by atoms with Gasteiger partial charge in [-0.3, -0.25) is 14.5 Å². The molecule has 1 aliphatic rings. The first kappa shape index (κ1) is 19.5. The van der Waals surface area contributed by atoms with E-state index < -0.39 is 6.10 Å². The largest absolute Gasteiger partial charge is 0.389 e. The van der Waals surface area contributed by atoms with Crippen LogP contribution < -0.4 is 5.32 Å². The molecule has 3 heterocycles. The second kappa shape index (κ2) is 8.19. The van der Waals surface area contributed by atoms with E-state index in [1.54, 1.807) is 13.1 Å². The number of nitrogens with zero attached hydrogens (tertiary/aromatic N) is 3. The van der Waals surface area contributed by atoms with Crippen molar-refractivity contribution in [1.82, 2.24) is 20.1 Å². The van der Waals surface area contributed by atoms with Gasteiger partial charge in [-0.15, -0.1) is 0 Å². The van der Waals surface area contributed by atoms with Crippen LogP contribution in [0.15, 0.2) is 24.4 Å². The van der Waals surface area contributed by atoms with Gasteiger partial charge in [-0.25, -0.2) is 0 Å². The van der Waals surface area contributed by atoms with Crippen molar-refractivity contribution in [3.05, 3.63) is 47.0 Å². The molecule has 0 bridgehead atoms. The van der Waals surface area contributed by atoms with Gasteiger partial charge >= 0.3 is 0 Å². The summed E-state index contributed by atoms with van der Waals surface area (Å²) in [6, 6.07) is 5.83. The lowest BCUT2D eigenvalue weighted by Gasteiger charge is -2.21. The second-order valence-electron chi connectivity index (χ2n) is 7.35. The monoisotopic (exact) mass is 372 g/mol. The topological polar surface area (TPSA) is 89.3 Å². The molecule has 0 saturated carbocycles. The number of ether oxygens (including phenoxy) is 1. The number of nitrogens with one attached hydrogen (secondary N) is 1. The summed E-state index contributed by atoms with van der Waals surface area (Å²) in [7, 11) is 0. The maximum absolute atomic E-state index is 12.8. The highest BCUT2D eigenvalue weighted by molar-refractivity contribution is 5.79. The summed E-state index contributed by atoms with van der Waals surface area (Å²) >= 11 is 0. The van der Waals surface area contributed by atoms with E-state index in [4.69, 9.17) is 4.74 Å². The third kappa shape index (κ3) is 4.20. The molecule has 0 unspecified atom stereocenters. The summed E-state index contributed by atoms with van der Waals surface area (Å²) < 4.78 is 7.78.